The number of anilines is 1. The van der Waals surface area contributed by atoms with Gasteiger partial charge in [-0.25, -0.2) is 8.42 Å². The van der Waals surface area contributed by atoms with Crippen LogP contribution < -0.4 is 10.6 Å². The Kier molecular flexibility index (Phi) is 6.96. The van der Waals surface area contributed by atoms with E-state index in [-0.39, 0.29) is 22.3 Å². The third-order valence-corrected chi connectivity index (χ3v) is 6.58. The summed E-state index contributed by atoms with van der Waals surface area (Å²) in [7, 11) is -3.54. The predicted molar refractivity (Wildman–Crippen MR) is 115 cm³/mol. The number of hydrogen-bond acceptors (Lipinski definition) is 5. The third-order valence-electron chi connectivity index (χ3n) is 4.46. The second kappa shape index (κ2) is 9.45. The number of carbonyl (C=O) groups is 1. The van der Waals surface area contributed by atoms with Crippen LogP contribution in [0.3, 0.4) is 0 Å². The maximum Gasteiger partial charge on any atom is 0.243 e. The molecule has 1 heterocycles. The quantitative estimate of drug-likeness (QED) is 0.702. The van der Waals surface area contributed by atoms with Gasteiger partial charge in [0.1, 0.15) is 0 Å². The summed E-state index contributed by atoms with van der Waals surface area (Å²) in [4.78, 5) is 12.3. The van der Waals surface area contributed by atoms with Crippen LogP contribution in [-0.2, 0) is 26.0 Å². The highest BCUT2D eigenvalue weighted by Crippen LogP contribution is 2.19. The molecule has 0 unspecified atom stereocenters. The summed E-state index contributed by atoms with van der Waals surface area (Å²) in [6.07, 6.45) is 0.221. The average molecular weight is 434 g/mol. The molecule has 29 heavy (non-hydrogen) atoms. The fourth-order valence-corrected chi connectivity index (χ4v) is 4.51. The normalized spacial score (nSPS) is 14.9. The van der Waals surface area contributed by atoms with E-state index in [9.17, 15) is 13.2 Å². The van der Waals surface area contributed by atoms with E-state index in [2.05, 4.69) is 10.6 Å². The van der Waals surface area contributed by atoms with Crippen LogP contribution in [0.15, 0.2) is 53.4 Å². The number of rotatable bonds is 5. The van der Waals surface area contributed by atoms with Gasteiger partial charge in [0.25, 0.3) is 0 Å². The topological polar surface area (TPSA) is 87.7 Å². The van der Waals surface area contributed by atoms with Crippen molar-refractivity contribution in [2.45, 2.75) is 18.2 Å². The first kappa shape index (κ1) is 21.4. The van der Waals surface area contributed by atoms with E-state index in [4.69, 9.17) is 17.0 Å². The highest BCUT2D eigenvalue weighted by molar-refractivity contribution is 7.89. The number of sulfonamides is 1. The molecule has 9 heteroatoms. The van der Waals surface area contributed by atoms with Gasteiger partial charge >= 0.3 is 0 Å². The lowest BCUT2D eigenvalue weighted by Crippen LogP contribution is -2.40. The zero-order chi connectivity index (χ0) is 20.9. The minimum atomic E-state index is -3.54. The lowest BCUT2D eigenvalue weighted by atomic mass is 10.1. The number of benzene rings is 2. The molecule has 2 aromatic rings. The second-order valence-corrected chi connectivity index (χ2v) is 9.05. The lowest BCUT2D eigenvalue weighted by Gasteiger charge is -2.26. The van der Waals surface area contributed by atoms with Crippen molar-refractivity contribution in [3.05, 3.63) is 59.7 Å². The Bertz CT molecular complexity index is 968. The summed E-state index contributed by atoms with van der Waals surface area (Å²) in [5.41, 5.74) is 2.62. The Hall–Kier alpha value is -2.33. The van der Waals surface area contributed by atoms with Gasteiger partial charge in [-0.2, -0.15) is 4.31 Å². The van der Waals surface area contributed by atoms with Gasteiger partial charge in [0.05, 0.1) is 24.5 Å². The van der Waals surface area contributed by atoms with Gasteiger partial charge in [-0.1, -0.05) is 29.8 Å². The summed E-state index contributed by atoms with van der Waals surface area (Å²) in [6, 6.07) is 14.0. The molecular formula is C20H23N3O4S2. The van der Waals surface area contributed by atoms with Crippen molar-refractivity contribution in [3.8, 4) is 0 Å². The molecule has 0 saturated carbocycles. The van der Waals surface area contributed by atoms with Gasteiger partial charge in [-0.3, -0.25) is 4.79 Å². The highest BCUT2D eigenvalue weighted by Gasteiger charge is 2.26. The lowest BCUT2D eigenvalue weighted by molar-refractivity contribution is -0.119. The minimum absolute atomic E-state index is 0.158. The smallest absolute Gasteiger partial charge is 0.243 e. The van der Waals surface area contributed by atoms with Crippen LogP contribution in [0.25, 0.3) is 0 Å². The molecule has 0 atom stereocenters. The zero-order valence-corrected chi connectivity index (χ0v) is 17.7. The van der Waals surface area contributed by atoms with Crippen molar-refractivity contribution in [1.82, 2.24) is 9.62 Å². The predicted octanol–water partition coefficient (Wildman–Crippen LogP) is 2.07. The van der Waals surface area contributed by atoms with E-state index in [0.717, 1.165) is 11.1 Å². The van der Waals surface area contributed by atoms with Crippen LogP contribution in [0.4, 0.5) is 5.69 Å². The fourth-order valence-electron chi connectivity index (χ4n) is 2.87. The van der Waals surface area contributed by atoms with E-state index in [1.807, 2.05) is 31.2 Å². The first-order valence-electron chi connectivity index (χ1n) is 9.19. The van der Waals surface area contributed by atoms with Crippen LogP contribution >= 0.6 is 12.2 Å². The zero-order valence-electron chi connectivity index (χ0n) is 16.1. The number of nitrogens with one attached hydrogen (secondary N) is 2. The number of thiocarbonyl (C=S) groups is 1. The number of nitrogens with zero attached hydrogens (tertiary/aromatic N) is 1. The van der Waals surface area contributed by atoms with E-state index in [0.29, 0.717) is 32.0 Å². The molecule has 0 aliphatic carbocycles. The van der Waals surface area contributed by atoms with Crippen molar-refractivity contribution in [3.63, 3.8) is 0 Å². The van der Waals surface area contributed by atoms with Gasteiger partial charge in [-0.15, -0.1) is 0 Å². The molecule has 7 nitrogen and oxygen atoms in total. The van der Waals surface area contributed by atoms with Gasteiger partial charge in [0.15, 0.2) is 5.11 Å². The Morgan fingerprint density at radius 1 is 1.07 bits per heavy atom. The number of amides is 1. The molecule has 1 fully saturated rings. The summed E-state index contributed by atoms with van der Waals surface area (Å²) >= 11 is 5.17. The first-order chi connectivity index (χ1) is 13.8. The molecule has 0 spiro atoms. The van der Waals surface area contributed by atoms with E-state index >= 15 is 0 Å². The molecule has 2 aromatic carbocycles. The monoisotopic (exact) mass is 433 g/mol. The molecule has 1 saturated heterocycles. The molecule has 0 bridgehead atoms. The average Bonchev–Trinajstić information content (AvgIpc) is 2.70. The molecule has 1 aliphatic rings. The van der Waals surface area contributed by atoms with Crippen LogP contribution in [-0.4, -0.2) is 50.0 Å². The summed E-state index contributed by atoms with van der Waals surface area (Å²) in [5, 5.41) is 5.68. The van der Waals surface area contributed by atoms with Crippen molar-refractivity contribution in [2.75, 3.05) is 31.6 Å². The number of ether oxygens (including phenoxy) is 1. The van der Waals surface area contributed by atoms with Crippen molar-refractivity contribution < 1.29 is 17.9 Å². The largest absolute Gasteiger partial charge is 0.379 e. The summed E-state index contributed by atoms with van der Waals surface area (Å²) in [6.45, 7) is 3.48. The van der Waals surface area contributed by atoms with Crippen LogP contribution in [0.5, 0.6) is 0 Å². The number of hydrogen-bond donors (Lipinski definition) is 2. The number of aryl methyl sites for hydroxylation is 1. The van der Waals surface area contributed by atoms with E-state index in [1.54, 1.807) is 12.1 Å². The molecule has 0 aromatic heterocycles. The van der Waals surface area contributed by atoms with Gasteiger partial charge in [0, 0.05) is 18.8 Å². The highest BCUT2D eigenvalue weighted by atomic mass is 32.2. The Labute approximate surface area is 176 Å². The van der Waals surface area contributed by atoms with Crippen LogP contribution in [0.1, 0.15) is 11.1 Å². The molecular weight excluding hydrogens is 410 g/mol. The van der Waals surface area contributed by atoms with Crippen LogP contribution in [0.2, 0.25) is 0 Å². The number of carbonyl (C=O) groups excluding carboxylic acids is 1. The van der Waals surface area contributed by atoms with Crippen LogP contribution in [0, 0.1) is 6.92 Å². The number of morpholine rings is 1. The van der Waals surface area contributed by atoms with Crippen molar-refractivity contribution in [2.24, 2.45) is 0 Å². The SMILES string of the molecule is Cc1ccc(CC(=O)NC(=S)Nc2ccc(S(=O)(=O)N3CCOCC3)cc2)cc1. The molecule has 2 N–H and O–H groups in total. The molecule has 1 amide bonds. The first-order valence-corrected chi connectivity index (χ1v) is 11.0. The Morgan fingerprint density at radius 3 is 2.31 bits per heavy atom. The van der Waals surface area contributed by atoms with Gasteiger partial charge < -0.3 is 15.4 Å². The molecule has 3 rings (SSSR count). The van der Waals surface area contributed by atoms with E-state index < -0.39 is 10.0 Å². The molecule has 1 aliphatic heterocycles. The van der Waals surface area contributed by atoms with Crippen molar-refractivity contribution in [1.29, 1.82) is 0 Å². The maximum atomic E-state index is 12.6. The van der Waals surface area contributed by atoms with Gasteiger partial charge in [-0.05, 0) is 49.0 Å². The van der Waals surface area contributed by atoms with Gasteiger partial charge in [0.2, 0.25) is 15.9 Å². The van der Waals surface area contributed by atoms with Crippen molar-refractivity contribution >= 4 is 38.9 Å². The molecule has 154 valence electrons. The summed E-state index contributed by atoms with van der Waals surface area (Å²) < 4.78 is 31.9. The fraction of sp³-hybridized carbons (Fsp3) is 0.300. The van der Waals surface area contributed by atoms with E-state index in [1.165, 1.54) is 16.4 Å². The standard InChI is InChI=1S/C20H23N3O4S2/c1-15-2-4-16(5-3-15)14-19(24)22-20(28)21-17-6-8-18(9-7-17)29(25,26)23-10-12-27-13-11-23/h2-9H,10-14H2,1H3,(H2,21,22,24,28). The third kappa shape index (κ3) is 5.83. The summed E-state index contributed by atoms with van der Waals surface area (Å²) in [5.74, 6) is -0.224. The Balaban J connectivity index is 1.55. The molecule has 0 radical (unpaired) electrons. The second-order valence-electron chi connectivity index (χ2n) is 6.71. The maximum absolute atomic E-state index is 12.6. The minimum Gasteiger partial charge on any atom is -0.379 e. The Morgan fingerprint density at radius 2 is 1.69 bits per heavy atom.